The first-order valence-corrected chi connectivity index (χ1v) is 21.1. The maximum atomic E-state index is 13.5. The van der Waals surface area contributed by atoms with Crippen LogP contribution in [0.2, 0.25) is 0 Å². The van der Waals surface area contributed by atoms with Crippen LogP contribution in [0, 0.1) is 11.8 Å². The average molecular weight is 803 g/mol. The zero-order valence-electron chi connectivity index (χ0n) is 35.5. The number of ether oxygens (including phenoxy) is 4. The maximum absolute atomic E-state index is 13.5. The van der Waals surface area contributed by atoms with Crippen molar-refractivity contribution in [3.05, 3.63) is 36.0 Å². The van der Waals surface area contributed by atoms with Crippen LogP contribution >= 0.6 is 0 Å². The second-order valence-corrected chi connectivity index (χ2v) is 17.8. The fourth-order valence-electron chi connectivity index (χ4n) is 7.89. The monoisotopic (exact) mass is 803 g/mol. The molecule has 3 amide bonds. The molecule has 0 aromatic heterocycles. The zero-order chi connectivity index (χ0) is 41.8. The number of likely N-dealkylation sites (tertiary alicyclic amines) is 1. The second-order valence-electron chi connectivity index (χ2n) is 17.8. The molecule has 3 aliphatic heterocycles. The van der Waals surface area contributed by atoms with E-state index < -0.39 is 53.8 Å². The molecule has 3 heterocycles. The Balaban J connectivity index is 1.33. The lowest BCUT2D eigenvalue weighted by Crippen LogP contribution is -2.53. The molecule has 0 aromatic carbocycles. The number of hydrogen-bond donors (Lipinski definition) is 3. The SMILES string of the molecule is C/C(=C\C=C\[C@@H](C)COC(=O)N1CC[C@@H](NC(=O)OC(C)(C)C)C1)[C@H]1OC(=O)C[C@H](O)CC[C@@](C)(O)[C@@H](OC(=O)N2CCN(C3CCCCCC3)CC2)/C=C/[C@@H]1C. The van der Waals surface area contributed by atoms with Gasteiger partial charge in [0.1, 0.15) is 17.3 Å². The van der Waals surface area contributed by atoms with Gasteiger partial charge in [-0.2, -0.15) is 0 Å². The largest absolute Gasteiger partial charge is 0.457 e. The second kappa shape index (κ2) is 21.4. The quantitative estimate of drug-likeness (QED) is 0.0853. The maximum Gasteiger partial charge on any atom is 0.410 e. The molecule has 14 heteroatoms. The molecule has 0 bridgehead atoms. The molecule has 7 atom stereocenters. The highest BCUT2D eigenvalue weighted by molar-refractivity contribution is 5.71. The summed E-state index contributed by atoms with van der Waals surface area (Å²) in [7, 11) is 0. The van der Waals surface area contributed by atoms with E-state index in [2.05, 4.69) is 10.2 Å². The summed E-state index contributed by atoms with van der Waals surface area (Å²) < 4.78 is 22.8. The molecule has 2 saturated heterocycles. The molecule has 4 aliphatic rings. The van der Waals surface area contributed by atoms with Crippen LogP contribution in [0.25, 0.3) is 0 Å². The van der Waals surface area contributed by atoms with E-state index in [1.165, 1.54) is 38.5 Å². The van der Waals surface area contributed by atoms with Crippen LogP contribution in [0.1, 0.15) is 113 Å². The first-order valence-electron chi connectivity index (χ1n) is 21.1. The van der Waals surface area contributed by atoms with Gasteiger partial charge in [-0.1, -0.05) is 63.8 Å². The summed E-state index contributed by atoms with van der Waals surface area (Å²) in [5, 5.41) is 25.1. The van der Waals surface area contributed by atoms with Gasteiger partial charge in [-0.15, -0.1) is 0 Å². The fraction of sp³-hybridized carbons (Fsp3) is 0.767. The molecule has 0 unspecified atom stereocenters. The molecule has 0 aromatic rings. The molecular weight excluding hydrogens is 732 g/mol. The van der Waals surface area contributed by atoms with E-state index in [0.717, 1.165) is 18.7 Å². The number of aliphatic hydroxyl groups excluding tert-OH is 1. The van der Waals surface area contributed by atoms with E-state index in [-0.39, 0.29) is 43.7 Å². The van der Waals surface area contributed by atoms with Crippen LogP contribution in [0.15, 0.2) is 36.0 Å². The van der Waals surface area contributed by atoms with Crippen molar-refractivity contribution >= 4 is 24.2 Å². The van der Waals surface area contributed by atoms with Crippen molar-refractivity contribution in [3.63, 3.8) is 0 Å². The summed E-state index contributed by atoms with van der Waals surface area (Å²) in [5.41, 5.74) is -1.36. The number of piperazine rings is 1. The van der Waals surface area contributed by atoms with E-state index >= 15 is 0 Å². The van der Waals surface area contributed by atoms with E-state index in [1.54, 1.807) is 43.6 Å². The molecule has 14 nitrogen and oxygen atoms in total. The molecule has 0 spiro atoms. The van der Waals surface area contributed by atoms with Crippen LogP contribution in [-0.4, -0.2) is 137 Å². The van der Waals surface area contributed by atoms with Gasteiger partial charge < -0.3 is 44.3 Å². The van der Waals surface area contributed by atoms with Crippen molar-refractivity contribution in [3.8, 4) is 0 Å². The van der Waals surface area contributed by atoms with Gasteiger partial charge in [-0.25, -0.2) is 14.4 Å². The Bertz CT molecular complexity index is 1420. The van der Waals surface area contributed by atoms with Crippen molar-refractivity contribution in [1.29, 1.82) is 0 Å². The van der Waals surface area contributed by atoms with E-state index in [9.17, 15) is 29.4 Å². The van der Waals surface area contributed by atoms with Crippen LogP contribution in [0.3, 0.4) is 0 Å². The van der Waals surface area contributed by atoms with Gasteiger partial charge in [-0.05, 0) is 78.4 Å². The van der Waals surface area contributed by atoms with Gasteiger partial charge in [0.15, 0.2) is 6.10 Å². The van der Waals surface area contributed by atoms with Crippen LogP contribution < -0.4 is 5.32 Å². The molecule has 3 N–H and O–H groups in total. The molecule has 0 radical (unpaired) electrons. The lowest BCUT2D eigenvalue weighted by atomic mass is 9.89. The number of alkyl carbamates (subject to hydrolysis) is 1. The Kier molecular flexibility index (Phi) is 17.3. The average Bonchev–Trinajstić information content (AvgIpc) is 3.43. The van der Waals surface area contributed by atoms with E-state index in [4.69, 9.17) is 18.9 Å². The number of carbonyl (C=O) groups excluding carboxylic acids is 4. The summed E-state index contributed by atoms with van der Waals surface area (Å²) >= 11 is 0. The number of amides is 3. The number of nitrogens with one attached hydrogen (secondary N) is 1. The Labute approximate surface area is 339 Å². The predicted molar refractivity (Wildman–Crippen MR) is 216 cm³/mol. The summed E-state index contributed by atoms with van der Waals surface area (Å²) in [5.74, 6) is -1.05. The zero-order valence-corrected chi connectivity index (χ0v) is 35.5. The van der Waals surface area contributed by atoms with E-state index in [0.29, 0.717) is 38.6 Å². The molecule has 322 valence electrons. The van der Waals surface area contributed by atoms with Gasteiger partial charge in [0.25, 0.3) is 0 Å². The topological polar surface area (TPSA) is 167 Å². The van der Waals surface area contributed by atoms with Crippen LogP contribution in [0.4, 0.5) is 14.4 Å². The Morgan fingerprint density at radius 2 is 1.68 bits per heavy atom. The highest BCUT2D eigenvalue weighted by atomic mass is 16.6. The standard InChI is InChI=1S/C43H70N4O10/c1-30(29-54-40(51)47-22-20-33(28-47)44-39(50)57-42(4,5)6)13-12-14-31(2)38-32(3)17-18-36(43(7,53)21-19-35(48)27-37(49)56-38)55-41(52)46-25-23-45(24-26-46)34-15-10-8-9-11-16-34/h12-14,17-18,30,32-36,38,48,53H,8-11,15-16,19-29H2,1-7H3,(H,44,50)/b13-12+,18-17+,31-14+/t30-,32+,33-,35-,36+,38-,43-/m1/s1. The highest BCUT2D eigenvalue weighted by Crippen LogP contribution is 2.28. The van der Waals surface area contributed by atoms with Crippen molar-refractivity contribution in [2.45, 2.75) is 154 Å². The Morgan fingerprint density at radius 3 is 2.35 bits per heavy atom. The number of rotatable bonds is 8. The van der Waals surface area contributed by atoms with Gasteiger partial charge in [0.2, 0.25) is 0 Å². The van der Waals surface area contributed by atoms with Gasteiger partial charge >= 0.3 is 24.2 Å². The van der Waals surface area contributed by atoms with Crippen molar-refractivity contribution in [2.24, 2.45) is 11.8 Å². The molecular formula is C43H70N4O10. The number of cyclic esters (lactones) is 1. The number of carbonyl (C=O) groups is 4. The van der Waals surface area contributed by atoms with Crippen LogP contribution in [-0.2, 0) is 23.7 Å². The smallest absolute Gasteiger partial charge is 0.410 e. The summed E-state index contributed by atoms with van der Waals surface area (Å²) in [6.45, 7) is 16.3. The predicted octanol–water partition coefficient (Wildman–Crippen LogP) is 6.11. The summed E-state index contributed by atoms with van der Waals surface area (Å²) in [4.78, 5) is 57.1. The Hall–Kier alpha value is -3.62. The normalized spacial score (nSPS) is 30.4. The lowest BCUT2D eigenvalue weighted by molar-refractivity contribution is -0.151. The minimum Gasteiger partial charge on any atom is -0.457 e. The molecule has 3 fully saturated rings. The molecule has 4 rings (SSSR count). The molecule has 1 aliphatic carbocycles. The van der Waals surface area contributed by atoms with Gasteiger partial charge in [0, 0.05) is 57.1 Å². The minimum absolute atomic E-state index is 0.109. The number of esters is 1. The van der Waals surface area contributed by atoms with Crippen molar-refractivity contribution in [2.75, 3.05) is 45.9 Å². The number of hydrogen-bond acceptors (Lipinski definition) is 11. The summed E-state index contributed by atoms with van der Waals surface area (Å²) in [6, 6.07) is 0.364. The first kappa shape index (κ1) is 46.1. The minimum atomic E-state index is -1.49. The highest BCUT2D eigenvalue weighted by Gasteiger charge is 2.37. The first-order chi connectivity index (χ1) is 26.9. The van der Waals surface area contributed by atoms with E-state index in [1.807, 2.05) is 45.1 Å². The number of aliphatic hydroxyl groups is 2. The summed E-state index contributed by atoms with van der Waals surface area (Å²) in [6.07, 6.45) is 13.0. The molecule has 1 saturated carbocycles. The Morgan fingerprint density at radius 1 is 1.00 bits per heavy atom. The van der Waals surface area contributed by atoms with Crippen molar-refractivity contribution in [1.82, 2.24) is 20.0 Å². The lowest BCUT2D eigenvalue weighted by Gasteiger charge is -2.40. The third-order valence-corrected chi connectivity index (χ3v) is 11.4. The third kappa shape index (κ3) is 15.2. The third-order valence-electron chi connectivity index (χ3n) is 11.4. The number of nitrogens with zero attached hydrogens (tertiary/aromatic N) is 3. The number of allylic oxidation sites excluding steroid dienone is 2. The van der Waals surface area contributed by atoms with Gasteiger partial charge in [0.05, 0.1) is 25.2 Å². The van der Waals surface area contributed by atoms with Crippen LogP contribution in [0.5, 0.6) is 0 Å². The fourth-order valence-corrected chi connectivity index (χ4v) is 7.89. The van der Waals surface area contributed by atoms with Crippen molar-refractivity contribution < 1.29 is 48.3 Å². The molecule has 57 heavy (non-hydrogen) atoms. The van der Waals surface area contributed by atoms with Gasteiger partial charge in [-0.3, -0.25) is 9.69 Å².